The van der Waals surface area contributed by atoms with Crippen LogP contribution in [0.3, 0.4) is 0 Å². The van der Waals surface area contributed by atoms with Crippen LogP contribution in [0.25, 0.3) is 0 Å². The second-order valence-corrected chi connectivity index (χ2v) is 5.56. The standard InChI is InChI=1S/C16H24FNO2.ClH/c1-5-8-18(11(2)3)12-9-13-15(19-4)7-6-14(17)16(13)20-10-12;/h6-7,11-12H,5,8-10H2,1-4H3;1H/t12-;/m1./s1. The number of fused-ring (bicyclic) bond motifs is 1. The van der Waals surface area contributed by atoms with Crippen molar-refractivity contribution in [1.82, 2.24) is 4.90 Å². The molecule has 0 fully saturated rings. The van der Waals surface area contributed by atoms with Crippen molar-refractivity contribution >= 4 is 12.4 Å². The summed E-state index contributed by atoms with van der Waals surface area (Å²) in [7, 11) is 1.61. The summed E-state index contributed by atoms with van der Waals surface area (Å²) < 4.78 is 24.9. The molecule has 0 radical (unpaired) electrons. The van der Waals surface area contributed by atoms with Crippen LogP contribution in [0.1, 0.15) is 32.8 Å². The van der Waals surface area contributed by atoms with E-state index in [4.69, 9.17) is 9.47 Å². The van der Waals surface area contributed by atoms with E-state index in [1.165, 1.54) is 6.07 Å². The van der Waals surface area contributed by atoms with Gasteiger partial charge in [-0.15, -0.1) is 12.4 Å². The van der Waals surface area contributed by atoms with E-state index in [2.05, 4.69) is 25.7 Å². The molecular formula is C16H25ClFNO2. The van der Waals surface area contributed by atoms with E-state index in [-0.39, 0.29) is 24.3 Å². The lowest BCUT2D eigenvalue weighted by molar-refractivity contribution is 0.0890. The lowest BCUT2D eigenvalue weighted by Crippen LogP contribution is -2.47. The molecule has 0 bridgehead atoms. The molecule has 1 atom stereocenters. The van der Waals surface area contributed by atoms with Crippen molar-refractivity contribution in [2.24, 2.45) is 0 Å². The lowest BCUT2D eigenvalue weighted by Gasteiger charge is -2.38. The molecule has 0 spiro atoms. The summed E-state index contributed by atoms with van der Waals surface area (Å²) in [5.74, 6) is 0.776. The van der Waals surface area contributed by atoms with Crippen molar-refractivity contribution in [2.45, 2.75) is 45.7 Å². The first-order valence-electron chi connectivity index (χ1n) is 7.32. The molecule has 21 heavy (non-hydrogen) atoms. The molecule has 0 aliphatic carbocycles. The average molecular weight is 318 g/mol. The molecule has 1 aromatic carbocycles. The Kier molecular flexibility index (Phi) is 6.75. The first-order chi connectivity index (χ1) is 9.58. The second-order valence-electron chi connectivity index (χ2n) is 5.56. The molecule has 1 heterocycles. The Bertz CT molecular complexity index is 468. The molecule has 1 aliphatic rings. The molecule has 0 amide bonds. The molecule has 1 aromatic rings. The van der Waals surface area contributed by atoms with Crippen molar-refractivity contribution in [2.75, 3.05) is 20.3 Å². The molecule has 5 heteroatoms. The smallest absolute Gasteiger partial charge is 0.165 e. The van der Waals surface area contributed by atoms with Gasteiger partial charge in [-0.25, -0.2) is 4.39 Å². The summed E-state index contributed by atoms with van der Waals surface area (Å²) in [4.78, 5) is 2.42. The minimum absolute atomic E-state index is 0. The van der Waals surface area contributed by atoms with Gasteiger partial charge in [0, 0.05) is 17.6 Å². The highest BCUT2D eigenvalue weighted by Crippen LogP contribution is 2.36. The minimum Gasteiger partial charge on any atom is -0.496 e. The normalized spacial score (nSPS) is 17.2. The van der Waals surface area contributed by atoms with Gasteiger partial charge in [-0.05, 0) is 45.4 Å². The Labute approximate surface area is 132 Å². The third-order valence-electron chi connectivity index (χ3n) is 3.86. The first kappa shape index (κ1) is 18.1. The van der Waals surface area contributed by atoms with Gasteiger partial charge in [0.25, 0.3) is 0 Å². The fourth-order valence-corrected chi connectivity index (χ4v) is 2.93. The summed E-state index contributed by atoms with van der Waals surface area (Å²) in [6.45, 7) is 8.11. The summed E-state index contributed by atoms with van der Waals surface area (Å²) in [5.41, 5.74) is 0.852. The van der Waals surface area contributed by atoms with Crippen molar-refractivity contribution in [1.29, 1.82) is 0 Å². The number of methoxy groups -OCH3 is 1. The number of benzene rings is 1. The number of ether oxygens (including phenoxy) is 2. The fourth-order valence-electron chi connectivity index (χ4n) is 2.93. The van der Waals surface area contributed by atoms with E-state index < -0.39 is 0 Å². The molecule has 120 valence electrons. The van der Waals surface area contributed by atoms with Gasteiger partial charge in [-0.1, -0.05) is 6.92 Å². The van der Waals surface area contributed by atoms with Gasteiger partial charge in [0.15, 0.2) is 11.6 Å². The van der Waals surface area contributed by atoms with Gasteiger partial charge in [0.2, 0.25) is 0 Å². The highest BCUT2D eigenvalue weighted by Gasteiger charge is 2.30. The second kappa shape index (κ2) is 7.85. The Morgan fingerprint density at radius 3 is 2.71 bits per heavy atom. The van der Waals surface area contributed by atoms with E-state index in [0.717, 1.165) is 24.9 Å². The van der Waals surface area contributed by atoms with Crippen LogP contribution in [0, 0.1) is 5.82 Å². The fraction of sp³-hybridized carbons (Fsp3) is 0.625. The predicted octanol–water partition coefficient (Wildman–Crippen LogP) is 3.68. The monoisotopic (exact) mass is 317 g/mol. The van der Waals surface area contributed by atoms with E-state index in [0.29, 0.717) is 24.1 Å². The molecular weight excluding hydrogens is 293 g/mol. The Morgan fingerprint density at radius 2 is 2.14 bits per heavy atom. The number of hydrogen-bond donors (Lipinski definition) is 0. The number of nitrogens with zero attached hydrogens (tertiary/aromatic N) is 1. The lowest BCUT2D eigenvalue weighted by atomic mass is 9.99. The minimum atomic E-state index is -0.300. The van der Waals surface area contributed by atoms with Crippen molar-refractivity contribution in [3.8, 4) is 11.5 Å². The zero-order valence-corrected chi connectivity index (χ0v) is 14.0. The summed E-state index contributed by atoms with van der Waals surface area (Å²) in [6.07, 6.45) is 1.87. The molecule has 0 saturated heterocycles. The molecule has 1 aliphatic heterocycles. The molecule has 2 rings (SSSR count). The van der Waals surface area contributed by atoms with Crippen LogP contribution in [-0.2, 0) is 6.42 Å². The zero-order chi connectivity index (χ0) is 14.7. The average Bonchev–Trinajstić information content (AvgIpc) is 2.44. The van der Waals surface area contributed by atoms with Gasteiger partial charge in [-0.3, -0.25) is 4.90 Å². The number of hydrogen-bond acceptors (Lipinski definition) is 3. The van der Waals surface area contributed by atoms with Gasteiger partial charge in [-0.2, -0.15) is 0 Å². The predicted molar refractivity (Wildman–Crippen MR) is 85.3 cm³/mol. The summed E-state index contributed by atoms with van der Waals surface area (Å²) >= 11 is 0. The third kappa shape index (κ3) is 3.80. The third-order valence-corrected chi connectivity index (χ3v) is 3.86. The van der Waals surface area contributed by atoms with Crippen LogP contribution >= 0.6 is 12.4 Å². The van der Waals surface area contributed by atoms with Crippen LogP contribution in [0.5, 0.6) is 11.5 Å². The maximum atomic E-state index is 13.8. The number of rotatable bonds is 5. The van der Waals surface area contributed by atoms with Crippen molar-refractivity contribution in [3.05, 3.63) is 23.5 Å². The molecule has 0 aromatic heterocycles. The zero-order valence-electron chi connectivity index (χ0n) is 13.2. The Balaban J connectivity index is 0.00000220. The SMILES string of the molecule is CCCN(C(C)C)[C@H]1COc2c(F)ccc(OC)c2C1.Cl. The largest absolute Gasteiger partial charge is 0.496 e. The molecule has 0 N–H and O–H groups in total. The molecule has 0 saturated carbocycles. The number of halogens is 2. The molecule has 0 unspecified atom stereocenters. The summed E-state index contributed by atoms with van der Waals surface area (Å²) in [5, 5.41) is 0. The molecule has 3 nitrogen and oxygen atoms in total. The van der Waals surface area contributed by atoms with Gasteiger partial charge in [0.05, 0.1) is 7.11 Å². The highest BCUT2D eigenvalue weighted by atomic mass is 35.5. The van der Waals surface area contributed by atoms with Crippen molar-refractivity contribution in [3.63, 3.8) is 0 Å². The maximum absolute atomic E-state index is 13.8. The quantitative estimate of drug-likeness (QED) is 0.827. The van der Waals surface area contributed by atoms with Crippen LogP contribution < -0.4 is 9.47 Å². The first-order valence-corrected chi connectivity index (χ1v) is 7.32. The topological polar surface area (TPSA) is 21.7 Å². The van der Waals surface area contributed by atoms with Crippen LogP contribution in [-0.4, -0.2) is 37.2 Å². The Hall–Kier alpha value is -1.00. The van der Waals surface area contributed by atoms with Gasteiger partial charge in [0.1, 0.15) is 12.4 Å². The van der Waals surface area contributed by atoms with E-state index >= 15 is 0 Å². The highest BCUT2D eigenvalue weighted by molar-refractivity contribution is 5.85. The van der Waals surface area contributed by atoms with E-state index in [1.54, 1.807) is 13.2 Å². The summed E-state index contributed by atoms with van der Waals surface area (Å²) in [6, 6.07) is 3.81. The van der Waals surface area contributed by atoms with Crippen molar-refractivity contribution < 1.29 is 13.9 Å². The van der Waals surface area contributed by atoms with E-state index in [1.807, 2.05) is 0 Å². The maximum Gasteiger partial charge on any atom is 0.165 e. The van der Waals surface area contributed by atoms with Crippen LogP contribution in [0.15, 0.2) is 12.1 Å². The Morgan fingerprint density at radius 1 is 1.43 bits per heavy atom. The van der Waals surface area contributed by atoms with E-state index in [9.17, 15) is 4.39 Å². The van der Waals surface area contributed by atoms with Crippen LogP contribution in [0.4, 0.5) is 4.39 Å². The van der Waals surface area contributed by atoms with Gasteiger partial charge < -0.3 is 9.47 Å². The van der Waals surface area contributed by atoms with Crippen LogP contribution in [0.2, 0.25) is 0 Å². The van der Waals surface area contributed by atoms with Gasteiger partial charge >= 0.3 is 0 Å².